The minimum atomic E-state index is 0. The summed E-state index contributed by atoms with van der Waals surface area (Å²) in [6.45, 7) is 7.01. The Morgan fingerprint density at radius 1 is 1.04 bits per heavy atom. The Kier molecular flexibility index (Phi) is 10.2. The minimum absolute atomic E-state index is 0. The van der Waals surface area contributed by atoms with E-state index in [2.05, 4.69) is 65.9 Å². The summed E-state index contributed by atoms with van der Waals surface area (Å²) >= 11 is 0. The number of methoxy groups -OCH3 is 1. The van der Waals surface area contributed by atoms with E-state index in [0.717, 1.165) is 19.0 Å². The smallest absolute Gasteiger partial charge is 0.191 e. The predicted octanol–water partition coefficient (Wildman–Crippen LogP) is 4.01. The molecule has 0 radical (unpaired) electrons. The molecule has 0 bridgehead atoms. The number of guanidine groups is 1. The molecule has 0 spiro atoms. The molecule has 2 rings (SSSR count). The first-order valence-electron chi connectivity index (χ1n) is 8.36. The Labute approximate surface area is 168 Å². The van der Waals surface area contributed by atoms with Gasteiger partial charge in [0.1, 0.15) is 0 Å². The Morgan fingerprint density at radius 2 is 1.80 bits per heavy atom. The highest BCUT2D eigenvalue weighted by Gasteiger charge is 2.03. The van der Waals surface area contributed by atoms with Gasteiger partial charge in [0.25, 0.3) is 0 Å². The standard InChI is InChI=1S/C20H27N3O.HI/c1-4-21-20(22-13-17-9-7-8-16(2)12-17)23-14-18-10-5-6-11-19(18)15-24-3;/h5-12H,4,13-15H2,1-3H3,(H2,21,22,23);1H. The van der Waals surface area contributed by atoms with Gasteiger partial charge in [-0.2, -0.15) is 0 Å². The molecule has 2 aromatic carbocycles. The quantitative estimate of drug-likeness (QED) is 0.378. The maximum atomic E-state index is 5.27. The van der Waals surface area contributed by atoms with Gasteiger partial charge in [0, 0.05) is 20.2 Å². The molecule has 25 heavy (non-hydrogen) atoms. The van der Waals surface area contributed by atoms with Crippen molar-refractivity contribution in [2.45, 2.75) is 33.5 Å². The summed E-state index contributed by atoms with van der Waals surface area (Å²) < 4.78 is 5.27. The molecule has 0 aliphatic rings. The zero-order valence-corrected chi connectivity index (χ0v) is 17.5. The Morgan fingerprint density at radius 3 is 2.48 bits per heavy atom. The maximum absolute atomic E-state index is 5.27. The third-order valence-electron chi connectivity index (χ3n) is 3.71. The fourth-order valence-electron chi connectivity index (χ4n) is 2.53. The molecule has 2 aromatic rings. The molecule has 4 nitrogen and oxygen atoms in total. The molecule has 0 saturated heterocycles. The van der Waals surface area contributed by atoms with Crippen LogP contribution in [0.3, 0.4) is 0 Å². The van der Waals surface area contributed by atoms with E-state index in [1.54, 1.807) is 7.11 Å². The summed E-state index contributed by atoms with van der Waals surface area (Å²) in [5, 5.41) is 6.70. The van der Waals surface area contributed by atoms with E-state index in [0.29, 0.717) is 13.2 Å². The molecular formula is C20H28IN3O. The van der Waals surface area contributed by atoms with Gasteiger partial charge in [-0.05, 0) is 30.5 Å². The van der Waals surface area contributed by atoms with Gasteiger partial charge in [-0.25, -0.2) is 4.99 Å². The fourth-order valence-corrected chi connectivity index (χ4v) is 2.53. The van der Waals surface area contributed by atoms with Crippen LogP contribution in [0.25, 0.3) is 0 Å². The number of halogens is 1. The normalized spacial score (nSPS) is 10.9. The van der Waals surface area contributed by atoms with E-state index >= 15 is 0 Å². The molecule has 136 valence electrons. The van der Waals surface area contributed by atoms with Gasteiger partial charge in [0.2, 0.25) is 0 Å². The van der Waals surface area contributed by atoms with Crippen molar-refractivity contribution in [1.82, 2.24) is 10.6 Å². The topological polar surface area (TPSA) is 45.7 Å². The molecule has 0 fully saturated rings. The van der Waals surface area contributed by atoms with Crippen molar-refractivity contribution in [1.29, 1.82) is 0 Å². The van der Waals surface area contributed by atoms with E-state index in [1.807, 2.05) is 12.1 Å². The molecule has 0 atom stereocenters. The average molecular weight is 453 g/mol. The third-order valence-corrected chi connectivity index (χ3v) is 3.71. The van der Waals surface area contributed by atoms with E-state index in [1.165, 1.54) is 22.3 Å². The van der Waals surface area contributed by atoms with Gasteiger partial charge in [-0.3, -0.25) is 0 Å². The van der Waals surface area contributed by atoms with Crippen LogP contribution in [0.2, 0.25) is 0 Å². The Hall–Kier alpha value is -1.60. The van der Waals surface area contributed by atoms with Crippen molar-refractivity contribution in [3.8, 4) is 0 Å². The van der Waals surface area contributed by atoms with Gasteiger partial charge in [-0.1, -0.05) is 54.1 Å². The third kappa shape index (κ3) is 7.44. The monoisotopic (exact) mass is 453 g/mol. The molecule has 0 saturated carbocycles. The van der Waals surface area contributed by atoms with Gasteiger partial charge in [-0.15, -0.1) is 24.0 Å². The second-order valence-electron chi connectivity index (χ2n) is 5.74. The SMILES string of the molecule is CCNC(=NCc1cccc(C)c1)NCc1ccccc1COC.I. The number of nitrogens with zero attached hydrogens (tertiary/aromatic N) is 1. The van der Waals surface area contributed by atoms with E-state index in [4.69, 9.17) is 4.74 Å². The van der Waals surface area contributed by atoms with Crippen LogP contribution in [0.15, 0.2) is 53.5 Å². The van der Waals surface area contributed by atoms with Crippen molar-refractivity contribution in [3.05, 3.63) is 70.8 Å². The van der Waals surface area contributed by atoms with Crippen LogP contribution in [0, 0.1) is 6.92 Å². The molecular weight excluding hydrogens is 425 g/mol. The highest BCUT2D eigenvalue weighted by Crippen LogP contribution is 2.10. The fraction of sp³-hybridized carbons (Fsp3) is 0.350. The summed E-state index contributed by atoms with van der Waals surface area (Å²) in [5.41, 5.74) is 4.89. The number of aliphatic imine (C=N–C) groups is 1. The molecule has 0 amide bonds. The predicted molar refractivity (Wildman–Crippen MR) is 115 cm³/mol. The summed E-state index contributed by atoms with van der Waals surface area (Å²) in [5.74, 6) is 0.825. The van der Waals surface area contributed by atoms with Gasteiger partial charge in [0.05, 0.1) is 13.2 Å². The number of rotatable bonds is 7. The van der Waals surface area contributed by atoms with Crippen molar-refractivity contribution in [3.63, 3.8) is 0 Å². The van der Waals surface area contributed by atoms with E-state index in [9.17, 15) is 0 Å². The van der Waals surface area contributed by atoms with E-state index in [-0.39, 0.29) is 24.0 Å². The van der Waals surface area contributed by atoms with Crippen molar-refractivity contribution >= 4 is 29.9 Å². The Balaban J connectivity index is 0.00000312. The van der Waals surface area contributed by atoms with Crippen molar-refractivity contribution in [2.24, 2.45) is 4.99 Å². The van der Waals surface area contributed by atoms with Crippen molar-refractivity contribution in [2.75, 3.05) is 13.7 Å². The highest BCUT2D eigenvalue weighted by atomic mass is 127. The molecule has 5 heteroatoms. The van der Waals surface area contributed by atoms with Crippen LogP contribution in [0.4, 0.5) is 0 Å². The molecule has 0 unspecified atom stereocenters. The second kappa shape index (κ2) is 11.9. The zero-order valence-electron chi connectivity index (χ0n) is 15.2. The Bertz CT molecular complexity index is 673. The van der Waals surface area contributed by atoms with Crippen molar-refractivity contribution < 1.29 is 4.74 Å². The van der Waals surface area contributed by atoms with Gasteiger partial charge >= 0.3 is 0 Å². The van der Waals surface area contributed by atoms with Crippen LogP contribution >= 0.6 is 24.0 Å². The number of hydrogen-bond donors (Lipinski definition) is 2. The van der Waals surface area contributed by atoms with Gasteiger partial charge in [0.15, 0.2) is 5.96 Å². The summed E-state index contributed by atoms with van der Waals surface area (Å²) in [4.78, 5) is 4.68. The number of hydrogen-bond acceptors (Lipinski definition) is 2. The number of aryl methyl sites for hydroxylation is 1. The molecule has 0 aromatic heterocycles. The average Bonchev–Trinajstić information content (AvgIpc) is 2.59. The van der Waals surface area contributed by atoms with Gasteiger partial charge < -0.3 is 15.4 Å². The van der Waals surface area contributed by atoms with E-state index < -0.39 is 0 Å². The van der Waals surface area contributed by atoms with Crippen LogP contribution < -0.4 is 10.6 Å². The molecule has 0 aliphatic heterocycles. The number of nitrogens with one attached hydrogen (secondary N) is 2. The summed E-state index contributed by atoms with van der Waals surface area (Å²) in [7, 11) is 1.72. The lowest BCUT2D eigenvalue weighted by Gasteiger charge is -2.14. The second-order valence-corrected chi connectivity index (χ2v) is 5.74. The molecule has 0 heterocycles. The molecule has 2 N–H and O–H groups in total. The lowest BCUT2D eigenvalue weighted by molar-refractivity contribution is 0.184. The lowest BCUT2D eigenvalue weighted by Crippen LogP contribution is -2.37. The largest absolute Gasteiger partial charge is 0.380 e. The zero-order chi connectivity index (χ0) is 17.2. The first-order chi connectivity index (χ1) is 11.7. The summed E-state index contributed by atoms with van der Waals surface area (Å²) in [6, 6.07) is 16.7. The van der Waals surface area contributed by atoms with Crippen LogP contribution in [0.1, 0.15) is 29.2 Å². The van der Waals surface area contributed by atoms with Crippen LogP contribution in [0.5, 0.6) is 0 Å². The first-order valence-corrected chi connectivity index (χ1v) is 8.36. The lowest BCUT2D eigenvalue weighted by atomic mass is 10.1. The van der Waals surface area contributed by atoms with Crippen LogP contribution in [-0.2, 0) is 24.4 Å². The minimum Gasteiger partial charge on any atom is -0.380 e. The molecule has 0 aliphatic carbocycles. The number of benzene rings is 2. The first kappa shape index (κ1) is 21.4. The summed E-state index contributed by atoms with van der Waals surface area (Å²) in [6.07, 6.45) is 0. The van der Waals surface area contributed by atoms with Crippen LogP contribution in [-0.4, -0.2) is 19.6 Å². The maximum Gasteiger partial charge on any atom is 0.191 e. The number of ether oxygens (including phenoxy) is 1. The highest BCUT2D eigenvalue weighted by molar-refractivity contribution is 14.0.